The lowest BCUT2D eigenvalue weighted by Crippen LogP contribution is -2.39. The molecule has 4 nitrogen and oxygen atoms in total. The van der Waals surface area contributed by atoms with Crippen molar-refractivity contribution in [3.8, 4) is 5.75 Å². The summed E-state index contributed by atoms with van der Waals surface area (Å²) in [7, 11) is 1.69. The lowest BCUT2D eigenvalue weighted by atomic mass is 10.0. The lowest BCUT2D eigenvalue weighted by Gasteiger charge is -2.23. The van der Waals surface area contributed by atoms with Crippen molar-refractivity contribution >= 4 is 10.8 Å². The molecular formula is C15H18N2O2. The highest BCUT2D eigenvalue weighted by molar-refractivity contribution is 5.85. The molecule has 0 aliphatic carbocycles. The summed E-state index contributed by atoms with van der Waals surface area (Å²) < 4.78 is 11.0. The van der Waals surface area contributed by atoms with E-state index in [0.717, 1.165) is 42.9 Å². The van der Waals surface area contributed by atoms with E-state index in [4.69, 9.17) is 9.47 Å². The predicted molar refractivity (Wildman–Crippen MR) is 74.6 cm³/mol. The van der Waals surface area contributed by atoms with Gasteiger partial charge in [-0.1, -0.05) is 6.07 Å². The zero-order valence-corrected chi connectivity index (χ0v) is 11.1. The Morgan fingerprint density at radius 1 is 1.42 bits per heavy atom. The van der Waals surface area contributed by atoms with E-state index in [2.05, 4.69) is 16.4 Å². The number of nitrogens with zero attached hydrogens (tertiary/aromatic N) is 1. The van der Waals surface area contributed by atoms with Gasteiger partial charge in [0, 0.05) is 31.1 Å². The van der Waals surface area contributed by atoms with E-state index in [1.165, 1.54) is 5.39 Å². The van der Waals surface area contributed by atoms with Gasteiger partial charge in [0.2, 0.25) is 0 Å². The molecule has 0 saturated carbocycles. The zero-order chi connectivity index (χ0) is 13.1. The van der Waals surface area contributed by atoms with Crippen LogP contribution in [0.1, 0.15) is 5.69 Å². The second kappa shape index (κ2) is 5.55. The first kappa shape index (κ1) is 12.4. The van der Waals surface area contributed by atoms with Crippen LogP contribution >= 0.6 is 0 Å². The van der Waals surface area contributed by atoms with Crippen LogP contribution in [0.25, 0.3) is 10.8 Å². The molecule has 100 valence electrons. The van der Waals surface area contributed by atoms with Gasteiger partial charge in [-0.2, -0.15) is 0 Å². The highest BCUT2D eigenvalue weighted by atomic mass is 16.5. The molecule has 1 saturated heterocycles. The third kappa shape index (κ3) is 2.69. The summed E-state index contributed by atoms with van der Waals surface area (Å²) in [6.07, 6.45) is 2.90. The Morgan fingerprint density at radius 3 is 3.16 bits per heavy atom. The number of methoxy groups -OCH3 is 1. The normalized spacial score (nSPS) is 19.5. The molecule has 2 heterocycles. The fourth-order valence-corrected chi connectivity index (χ4v) is 2.46. The molecule has 1 N–H and O–H groups in total. The molecule has 4 heteroatoms. The first-order valence-electron chi connectivity index (χ1n) is 6.61. The Labute approximate surface area is 112 Å². The maximum absolute atomic E-state index is 5.75. The fourth-order valence-electron chi connectivity index (χ4n) is 2.46. The SMILES string of the molecule is COc1ccc2ccnc(CC3CNCCO3)c2c1. The van der Waals surface area contributed by atoms with E-state index in [-0.39, 0.29) is 6.10 Å². The quantitative estimate of drug-likeness (QED) is 0.911. The van der Waals surface area contributed by atoms with Crippen molar-refractivity contribution < 1.29 is 9.47 Å². The molecule has 1 aliphatic rings. The van der Waals surface area contributed by atoms with Gasteiger partial charge < -0.3 is 14.8 Å². The van der Waals surface area contributed by atoms with Crippen LogP contribution in [0.3, 0.4) is 0 Å². The number of aromatic nitrogens is 1. The first-order valence-corrected chi connectivity index (χ1v) is 6.61. The molecule has 3 rings (SSSR count). The molecule has 0 bridgehead atoms. The first-order chi connectivity index (χ1) is 9.36. The van der Waals surface area contributed by atoms with Crippen molar-refractivity contribution in [2.75, 3.05) is 26.8 Å². The number of fused-ring (bicyclic) bond motifs is 1. The van der Waals surface area contributed by atoms with Crippen LogP contribution in [0, 0.1) is 0 Å². The van der Waals surface area contributed by atoms with E-state index < -0.39 is 0 Å². The van der Waals surface area contributed by atoms with Crippen LogP contribution in [0.15, 0.2) is 30.5 Å². The van der Waals surface area contributed by atoms with E-state index >= 15 is 0 Å². The van der Waals surface area contributed by atoms with Crippen LogP contribution in [0.4, 0.5) is 0 Å². The minimum absolute atomic E-state index is 0.207. The van der Waals surface area contributed by atoms with Crippen LogP contribution in [-0.4, -0.2) is 37.9 Å². The molecular weight excluding hydrogens is 240 g/mol. The molecule has 0 spiro atoms. The largest absolute Gasteiger partial charge is 0.497 e. The van der Waals surface area contributed by atoms with E-state index in [0.29, 0.717) is 0 Å². The van der Waals surface area contributed by atoms with Gasteiger partial charge in [-0.3, -0.25) is 4.98 Å². The van der Waals surface area contributed by atoms with Crippen molar-refractivity contribution in [2.45, 2.75) is 12.5 Å². The van der Waals surface area contributed by atoms with Crippen LogP contribution in [0.5, 0.6) is 5.75 Å². The number of hydrogen-bond donors (Lipinski definition) is 1. The van der Waals surface area contributed by atoms with E-state index in [9.17, 15) is 0 Å². The average molecular weight is 258 g/mol. The molecule has 1 aromatic heterocycles. The summed E-state index contributed by atoms with van der Waals surface area (Å²) in [5.74, 6) is 0.865. The third-order valence-corrected chi connectivity index (χ3v) is 3.48. The van der Waals surface area contributed by atoms with Crippen molar-refractivity contribution in [3.63, 3.8) is 0 Å². The molecule has 1 aliphatic heterocycles. The summed E-state index contributed by atoms with van der Waals surface area (Å²) in [4.78, 5) is 4.51. The number of pyridine rings is 1. The molecule has 1 aromatic carbocycles. The van der Waals surface area contributed by atoms with Gasteiger partial charge in [0.1, 0.15) is 5.75 Å². The average Bonchev–Trinajstić information content (AvgIpc) is 2.48. The molecule has 1 unspecified atom stereocenters. The monoisotopic (exact) mass is 258 g/mol. The Hall–Kier alpha value is -1.65. The summed E-state index contributed by atoms with van der Waals surface area (Å²) in [5, 5.41) is 5.69. The minimum atomic E-state index is 0.207. The molecule has 19 heavy (non-hydrogen) atoms. The number of ether oxygens (including phenoxy) is 2. The Kier molecular flexibility index (Phi) is 3.62. The van der Waals surface area contributed by atoms with Gasteiger partial charge in [-0.05, 0) is 23.6 Å². The van der Waals surface area contributed by atoms with Crippen LogP contribution < -0.4 is 10.1 Å². The molecule has 1 atom stereocenters. The zero-order valence-electron chi connectivity index (χ0n) is 11.1. The number of hydrogen-bond acceptors (Lipinski definition) is 4. The third-order valence-electron chi connectivity index (χ3n) is 3.48. The van der Waals surface area contributed by atoms with Crippen LogP contribution in [-0.2, 0) is 11.2 Å². The van der Waals surface area contributed by atoms with Gasteiger partial charge in [0.05, 0.1) is 25.5 Å². The number of morpholine rings is 1. The Morgan fingerprint density at radius 2 is 2.37 bits per heavy atom. The summed E-state index contributed by atoms with van der Waals surface area (Å²) >= 11 is 0. The summed E-state index contributed by atoms with van der Waals surface area (Å²) in [6, 6.07) is 8.12. The molecule has 0 amide bonds. The highest BCUT2D eigenvalue weighted by Crippen LogP contribution is 2.24. The number of nitrogens with one attached hydrogen (secondary N) is 1. The Bertz CT molecular complexity index is 565. The lowest BCUT2D eigenvalue weighted by molar-refractivity contribution is 0.0289. The van der Waals surface area contributed by atoms with Gasteiger partial charge in [-0.25, -0.2) is 0 Å². The second-order valence-electron chi connectivity index (χ2n) is 4.75. The summed E-state index contributed by atoms with van der Waals surface area (Å²) in [5.41, 5.74) is 1.07. The maximum atomic E-state index is 5.75. The smallest absolute Gasteiger partial charge is 0.119 e. The standard InChI is InChI=1S/C15H18N2O2/c1-18-12-3-2-11-4-5-17-15(14(11)8-12)9-13-10-16-6-7-19-13/h2-5,8,13,16H,6-7,9-10H2,1H3. The highest BCUT2D eigenvalue weighted by Gasteiger charge is 2.16. The van der Waals surface area contributed by atoms with Crippen molar-refractivity contribution in [3.05, 3.63) is 36.2 Å². The van der Waals surface area contributed by atoms with Crippen molar-refractivity contribution in [1.29, 1.82) is 0 Å². The molecule has 0 radical (unpaired) electrons. The number of rotatable bonds is 3. The van der Waals surface area contributed by atoms with Gasteiger partial charge in [0.15, 0.2) is 0 Å². The van der Waals surface area contributed by atoms with Crippen molar-refractivity contribution in [2.24, 2.45) is 0 Å². The van der Waals surface area contributed by atoms with Gasteiger partial charge in [-0.15, -0.1) is 0 Å². The molecule has 1 fully saturated rings. The van der Waals surface area contributed by atoms with E-state index in [1.807, 2.05) is 24.4 Å². The Balaban J connectivity index is 1.92. The minimum Gasteiger partial charge on any atom is -0.497 e. The fraction of sp³-hybridized carbons (Fsp3) is 0.400. The van der Waals surface area contributed by atoms with Crippen LogP contribution in [0.2, 0.25) is 0 Å². The van der Waals surface area contributed by atoms with E-state index in [1.54, 1.807) is 7.11 Å². The molecule has 2 aromatic rings. The second-order valence-corrected chi connectivity index (χ2v) is 4.75. The topological polar surface area (TPSA) is 43.4 Å². The maximum Gasteiger partial charge on any atom is 0.119 e. The number of benzene rings is 1. The van der Waals surface area contributed by atoms with Gasteiger partial charge in [0.25, 0.3) is 0 Å². The summed E-state index contributed by atoms with van der Waals surface area (Å²) in [6.45, 7) is 2.61. The predicted octanol–water partition coefficient (Wildman–Crippen LogP) is 1.77. The van der Waals surface area contributed by atoms with Gasteiger partial charge >= 0.3 is 0 Å². The van der Waals surface area contributed by atoms with Crippen molar-refractivity contribution in [1.82, 2.24) is 10.3 Å².